The van der Waals surface area contributed by atoms with E-state index < -0.39 is 0 Å². The number of alkyl halides is 1. The van der Waals surface area contributed by atoms with E-state index in [0.717, 1.165) is 30.2 Å². The summed E-state index contributed by atoms with van der Waals surface area (Å²) in [6, 6.07) is 3.87. The van der Waals surface area contributed by atoms with Crippen molar-refractivity contribution in [1.82, 2.24) is 14.6 Å². The lowest BCUT2D eigenvalue weighted by atomic mass is 9.77. The molecule has 1 saturated carbocycles. The first kappa shape index (κ1) is 12.7. The van der Waals surface area contributed by atoms with Crippen molar-refractivity contribution >= 4 is 23.1 Å². The molecule has 2 unspecified atom stereocenters. The summed E-state index contributed by atoms with van der Waals surface area (Å²) in [5.41, 5.74) is 0.850. The van der Waals surface area contributed by atoms with Gasteiger partial charge >= 0.3 is 0 Å². The van der Waals surface area contributed by atoms with Gasteiger partial charge in [0.15, 0.2) is 5.65 Å². The third-order valence-electron chi connectivity index (χ3n) is 4.00. The maximum absolute atomic E-state index is 6.24. The Kier molecular flexibility index (Phi) is 3.35. The van der Waals surface area contributed by atoms with Crippen molar-refractivity contribution in [2.24, 2.45) is 5.92 Å². The number of nitrogens with one attached hydrogen (secondary N) is 1. The summed E-state index contributed by atoms with van der Waals surface area (Å²) in [6.45, 7) is 2.30. The maximum atomic E-state index is 6.24. The molecule has 1 N–H and O–H groups in total. The highest BCUT2D eigenvalue weighted by Gasteiger charge is 2.34. The van der Waals surface area contributed by atoms with Gasteiger partial charge in [-0.2, -0.15) is 5.10 Å². The van der Waals surface area contributed by atoms with Gasteiger partial charge in [0.25, 0.3) is 0 Å². The maximum Gasteiger partial charge on any atom is 0.157 e. The molecule has 0 aromatic carbocycles. The van der Waals surface area contributed by atoms with Gasteiger partial charge < -0.3 is 5.32 Å². The van der Waals surface area contributed by atoms with Gasteiger partial charge in [0.2, 0.25) is 0 Å². The molecule has 2 heterocycles. The zero-order chi connectivity index (χ0) is 13.3. The van der Waals surface area contributed by atoms with E-state index in [2.05, 4.69) is 22.3 Å². The summed E-state index contributed by atoms with van der Waals surface area (Å²) in [4.78, 5) is 4.58. The van der Waals surface area contributed by atoms with Crippen LogP contribution in [0.5, 0.6) is 0 Å². The molecule has 0 aliphatic heterocycles. The van der Waals surface area contributed by atoms with Crippen LogP contribution in [-0.4, -0.2) is 26.0 Å². The fourth-order valence-electron chi connectivity index (χ4n) is 3.08. The van der Waals surface area contributed by atoms with Crippen LogP contribution < -0.4 is 5.32 Å². The molecule has 4 nitrogen and oxygen atoms in total. The van der Waals surface area contributed by atoms with Gasteiger partial charge in [-0.05, 0) is 24.8 Å². The number of halogens is 1. The van der Waals surface area contributed by atoms with Crippen molar-refractivity contribution in [3.8, 4) is 0 Å². The molecule has 1 aliphatic rings. The highest BCUT2D eigenvalue weighted by Crippen LogP contribution is 2.35. The van der Waals surface area contributed by atoms with Crippen molar-refractivity contribution in [3.63, 3.8) is 0 Å². The second-order valence-electron chi connectivity index (χ2n) is 5.69. The van der Waals surface area contributed by atoms with Gasteiger partial charge in [-0.3, -0.25) is 0 Å². The van der Waals surface area contributed by atoms with Gasteiger partial charge in [0.05, 0.1) is 11.7 Å². The summed E-state index contributed by atoms with van der Waals surface area (Å²) < 4.78 is 1.77. The van der Waals surface area contributed by atoms with Gasteiger partial charge in [0.1, 0.15) is 5.82 Å². The highest BCUT2D eigenvalue weighted by atomic mass is 35.5. The number of anilines is 1. The quantitative estimate of drug-likeness (QED) is 0.876. The molecule has 0 radical (unpaired) electrons. The van der Waals surface area contributed by atoms with Crippen molar-refractivity contribution < 1.29 is 0 Å². The number of nitrogens with zero attached hydrogens (tertiary/aromatic N) is 3. The second-order valence-corrected chi connectivity index (χ2v) is 5.95. The van der Waals surface area contributed by atoms with Crippen LogP contribution in [0, 0.1) is 5.92 Å². The Bertz CT molecular complexity index is 567. The van der Waals surface area contributed by atoms with Crippen LogP contribution in [-0.2, 0) is 0 Å². The Balaban J connectivity index is 1.85. The van der Waals surface area contributed by atoms with Gasteiger partial charge in [-0.15, -0.1) is 11.6 Å². The van der Waals surface area contributed by atoms with E-state index in [0.29, 0.717) is 5.88 Å². The lowest BCUT2D eigenvalue weighted by Gasteiger charge is -2.39. The Morgan fingerprint density at radius 2 is 2.42 bits per heavy atom. The standard InChI is InChI=1S/C14H19ClN4/c1-11-3-2-6-14(9-11,10-15)18-12-5-8-19-13(17-12)4-7-16-19/h4-5,7-8,11H,2-3,6,9-10H2,1H3,(H,17,18). The Morgan fingerprint density at radius 1 is 1.53 bits per heavy atom. The number of hydrogen-bond donors (Lipinski definition) is 1. The minimum atomic E-state index is -0.00934. The lowest BCUT2D eigenvalue weighted by Crippen LogP contribution is -2.44. The molecule has 1 aliphatic carbocycles. The topological polar surface area (TPSA) is 42.2 Å². The molecule has 19 heavy (non-hydrogen) atoms. The molecule has 102 valence electrons. The smallest absolute Gasteiger partial charge is 0.157 e. The Hall–Kier alpha value is -1.29. The monoisotopic (exact) mass is 278 g/mol. The lowest BCUT2D eigenvalue weighted by molar-refractivity contribution is 0.279. The molecular weight excluding hydrogens is 260 g/mol. The number of hydrogen-bond acceptors (Lipinski definition) is 3. The molecule has 0 amide bonds. The van der Waals surface area contributed by atoms with Gasteiger partial charge in [-0.1, -0.05) is 19.8 Å². The predicted octanol–water partition coefficient (Wildman–Crippen LogP) is 3.33. The van der Waals surface area contributed by atoms with E-state index in [1.165, 1.54) is 12.8 Å². The van der Waals surface area contributed by atoms with Crippen molar-refractivity contribution in [3.05, 3.63) is 24.5 Å². The van der Waals surface area contributed by atoms with E-state index in [1.807, 2.05) is 18.3 Å². The summed E-state index contributed by atoms with van der Waals surface area (Å²) in [6.07, 6.45) is 8.45. The van der Waals surface area contributed by atoms with Crippen LogP contribution in [0.25, 0.3) is 5.65 Å². The number of rotatable bonds is 3. The van der Waals surface area contributed by atoms with E-state index in [9.17, 15) is 0 Å². The van der Waals surface area contributed by atoms with Crippen LogP contribution in [0.4, 0.5) is 5.82 Å². The number of aromatic nitrogens is 3. The van der Waals surface area contributed by atoms with Crippen LogP contribution in [0.15, 0.2) is 24.5 Å². The summed E-state index contributed by atoms with van der Waals surface area (Å²) >= 11 is 6.24. The molecule has 0 spiro atoms. The second kappa shape index (κ2) is 5.00. The molecule has 2 aromatic heterocycles. The average molecular weight is 279 g/mol. The highest BCUT2D eigenvalue weighted by molar-refractivity contribution is 6.18. The molecule has 3 rings (SSSR count). The Morgan fingerprint density at radius 3 is 3.21 bits per heavy atom. The third kappa shape index (κ3) is 2.54. The molecule has 5 heteroatoms. The first-order valence-electron chi connectivity index (χ1n) is 6.85. The average Bonchev–Trinajstić information content (AvgIpc) is 2.86. The molecule has 0 saturated heterocycles. The fraction of sp³-hybridized carbons (Fsp3) is 0.571. The van der Waals surface area contributed by atoms with Gasteiger partial charge in [-0.25, -0.2) is 9.50 Å². The van der Waals surface area contributed by atoms with E-state index >= 15 is 0 Å². The fourth-order valence-corrected chi connectivity index (χ4v) is 3.39. The molecule has 1 fully saturated rings. The van der Waals surface area contributed by atoms with Crippen molar-refractivity contribution in [2.45, 2.75) is 38.1 Å². The van der Waals surface area contributed by atoms with E-state index in [-0.39, 0.29) is 5.54 Å². The first-order chi connectivity index (χ1) is 9.21. The van der Waals surface area contributed by atoms with Crippen LogP contribution >= 0.6 is 11.6 Å². The summed E-state index contributed by atoms with van der Waals surface area (Å²) in [7, 11) is 0. The number of fused-ring (bicyclic) bond motifs is 1. The predicted molar refractivity (Wildman–Crippen MR) is 77.7 cm³/mol. The van der Waals surface area contributed by atoms with Crippen LogP contribution in [0.1, 0.15) is 32.6 Å². The zero-order valence-electron chi connectivity index (χ0n) is 11.1. The van der Waals surface area contributed by atoms with Crippen LogP contribution in [0.2, 0.25) is 0 Å². The summed E-state index contributed by atoms with van der Waals surface area (Å²) in [5.74, 6) is 2.24. The minimum absolute atomic E-state index is 0.00934. The van der Waals surface area contributed by atoms with E-state index in [1.54, 1.807) is 10.7 Å². The summed E-state index contributed by atoms with van der Waals surface area (Å²) in [5, 5.41) is 7.73. The molecular formula is C14H19ClN4. The van der Waals surface area contributed by atoms with Crippen LogP contribution in [0.3, 0.4) is 0 Å². The third-order valence-corrected chi connectivity index (χ3v) is 4.51. The SMILES string of the molecule is CC1CCCC(CCl)(Nc2ccn3nccc3n2)C1. The van der Waals surface area contributed by atoms with Gasteiger partial charge in [0, 0.05) is 18.1 Å². The van der Waals surface area contributed by atoms with Crippen molar-refractivity contribution in [2.75, 3.05) is 11.2 Å². The first-order valence-corrected chi connectivity index (χ1v) is 7.39. The zero-order valence-corrected chi connectivity index (χ0v) is 11.9. The molecule has 2 atom stereocenters. The normalized spacial score (nSPS) is 27.6. The Labute approximate surface area is 118 Å². The largest absolute Gasteiger partial charge is 0.363 e. The molecule has 0 bridgehead atoms. The van der Waals surface area contributed by atoms with E-state index in [4.69, 9.17) is 11.6 Å². The van der Waals surface area contributed by atoms with Crippen molar-refractivity contribution in [1.29, 1.82) is 0 Å². The molecule has 2 aromatic rings. The minimum Gasteiger partial charge on any atom is -0.363 e.